The number of hydrogen-bond acceptors (Lipinski definition) is 6. The van der Waals surface area contributed by atoms with Gasteiger partial charge in [-0.05, 0) is 64.5 Å². The normalized spacial score (nSPS) is 25.2. The first-order valence-corrected chi connectivity index (χ1v) is 12.5. The van der Waals surface area contributed by atoms with Gasteiger partial charge in [0, 0.05) is 43.3 Å². The molecule has 1 N–H and O–H groups in total. The van der Waals surface area contributed by atoms with Gasteiger partial charge >= 0.3 is 6.09 Å². The first-order valence-electron chi connectivity index (χ1n) is 11.4. The van der Waals surface area contributed by atoms with E-state index in [1.165, 1.54) is 4.90 Å². The molecule has 2 atom stereocenters. The summed E-state index contributed by atoms with van der Waals surface area (Å²) in [6.07, 6.45) is 5.85. The van der Waals surface area contributed by atoms with Crippen LogP contribution >= 0.6 is 0 Å². The van der Waals surface area contributed by atoms with Gasteiger partial charge < -0.3 is 24.0 Å². The lowest BCUT2D eigenvalue weighted by molar-refractivity contribution is -0.168. The van der Waals surface area contributed by atoms with E-state index in [0.717, 1.165) is 48.4 Å². The Morgan fingerprint density at radius 3 is 2.78 bits per heavy atom. The zero-order chi connectivity index (χ0) is 22.9. The molecule has 1 aromatic rings. The third-order valence-corrected chi connectivity index (χ3v) is 7.95. The van der Waals surface area contributed by atoms with Crippen molar-refractivity contribution < 1.29 is 23.9 Å². The van der Waals surface area contributed by atoms with Gasteiger partial charge in [0.2, 0.25) is 0 Å². The van der Waals surface area contributed by atoms with Crippen LogP contribution in [-0.4, -0.2) is 62.1 Å². The number of carboxylic acid groups (broad SMARTS) is 1. The Balaban J connectivity index is 1.60. The average Bonchev–Trinajstić information content (AvgIpc) is 3.04. The molecule has 1 aliphatic carbocycles. The van der Waals surface area contributed by atoms with Crippen molar-refractivity contribution in [3.8, 4) is 0 Å². The van der Waals surface area contributed by atoms with Crippen molar-refractivity contribution in [3.63, 3.8) is 0 Å². The van der Waals surface area contributed by atoms with E-state index in [1.54, 1.807) is 0 Å². The molecule has 3 heterocycles. The van der Waals surface area contributed by atoms with E-state index in [4.69, 9.17) is 18.9 Å². The Morgan fingerprint density at radius 1 is 1.41 bits per heavy atom. The lowest BCUT2D eigenvalue weighted by Crippen LogP contribution is -2.45. The molecule has 176 valence electrons. The summed E-state index contributed by atoms with van der Waals surface area (Å²) < 4.78 is 28.9. The third kappa shape index (κ3) is 4.95. The molecule has 0 radical (unpaired) electrons. The van der Waals surface area contributed by atoms with Crippen LogP contribution < -0.4 is 0 Å². The Kier molecular flexibility index (Phi) is 6.81. The number of carbonyl (C=O) groups is 1. The molecule has 3 aliphatic rings. The maximum atomic E-state index is 13.0. The van der Waals surface area contributed by atoms with Crippen LogP contribution in [0.5, 0.6) is 0 Å². The van der Waals surface area contributed by atoms with Crippen LogP contribution in [-0.2, 0) is 33.9 Å². The second kappa shape index (κ2) is 9.29. The van der Waals surface area contributed by atoms with Gasteiger partial charge in [-0.2, -0.15) is 0 Å². The van der Waals surface area contributed by atoms with E-state index in [2.05, 4.69) is 6.07 Å². The number of ether oxygens (including phenoxy) is 2. The molecule has 32 heavy (non-hydrogen) atoms. The highest BCUT2D eigenvalue weighted by molar-refractivity contribution is 7.91. The first-order chi connectivity index (χ1) is 15.2. The first kappa shape index (κ1) is 23.5. The molecule has 1 unspecified atom stereocenters. The molecule has 1 aromatic heterocycles. The molecule has 0 bridgehead atoms. The second-order valence-electron chi connectivity index (χ2n) is 9.97. The number of nitrogens with zero attached hydrogens (tertiary/aromatic N) is 3. The van der Waals surface area contributed by atoms with Gasteiger partial charge in [-0.15, -0.1) is 0 Å². The van der Waals surface area contributed by atoms with E-state index in [-0.39, 0.29) is 11.7 Å². The molecule has 1 amide bonds. The Morgan fingerprint density at radius 2 is 2.16 bits per heavy atom. The quantitative estimate of drug-likeness (QED) is 0.683. The zero-order valence-corrected chi connectivity index (χ0v) is 19.9. The highest BCUT2D eigenvalue weighted by atomic mass is 32.2. The number of aromatic nitrogens is 1. The lowest BCUT2D eigenvalue weighted by Gasteiger charge is -2.38. The number of fused-ring (bicyclic) bond motifs is 1. The van der Waals surface area contributed by atoms with Crippen LogP contribution in [0.2, 0.25) is 0 Å². The largest absolute Gasteiger partial charge is 0.591 e. The van der Waals surface area contributed by atoms with Crippen LogP contribution in [0.4, 0.5) is 4.79 Å². The molecular weight excluding hydrogens is 430 g/mol. The number of likely N-dealkylation sites (tertiary alicyclic amines) is 1. The second-order valence-corrected chi connectivity index (χ2v) is 11.9. The Labute approximate surface area is 192 Å². The summed E-state index contributed by atoms with van der Waals surface area (Å²) in [6, 6.07) is 2.06. The van der Waals surface area contributed by atoms with E-state index in [9.17, 15) is 14.5 Å². The van der Waals surface area contributed by atoms with Crippen molar-refractivity contribution >= 4 is 23.2 Å². The van der Waals surface area contributed by atoms with Gasteiger partial charge in [0.15, 0.2) is 6.29 Å². The Hall–Kier alpha value is -1.68. The summed E-state index contributed by atoms with van der Waals surface area (Å²) in [5, 5.41) is 9.37. The van der Waals surface area contributed by atoms with Gasteiger partial charge in [-0.25, -0.2) is 4.79 Å². The molecule has 0 saturated carbocycles. The van der Waals surface area contributed by atoms with Crippen molar-refractivity contribution in [2.45, 2.75) is 76.9 Å². The molecule has 9 heteroatoms. The summed E-state index contributed by atoms with van der Waals surface area (Å²) >= 11 is -1.41. The van der Waals surface area contributed by atoms with Crippen LogP contribution in [0, 0.1) is 5.41 Å². The predicted molar refractivity (Wildman–Crippen MR) is 122 cm³/mol. The third-order valence-electron chi connectivity index (χ3n) is 6.55. The van der Waals surface area contributed by atoms with E-state index in [1.807, 2.05) is 27.0 Å². The van der Waals surface area contributed by atoms with E-state index in [0.29, 0.717) is 39.0 Å². The number of amides is 1. The summed E-state index contributed by atoms with van der Waals surface area (Å²) in [4.78, 5) is 17.6. The molecular formula is C23H33N3O5S. The fourth-order valence-corrected chi connectivity index (χ4v) is 5.32. The molecule has 0 aromatic carbocycles. The van der Waals surface area contributed by atoms with Crippen molar-refractivity contribution in [2.24, 2.45) is 9.81 Å². The van der Waals surface area contributed by atoms with Crippen molar-refractivity contribution in [3.05, 3.63) is 29.1 Å². The summed E-state index contributed by atoms with van der Waals surface area (Å²) in [5.74, 6) is 0. The van der Waals surface area contributed by atoms with Crippen molar-refractivity contribution in [1.82, 2.24) is 9.88 Å². The minimum Gasteiger partial charge on any atom is -0.591 e. The topological polar surface area (TPSA) is 107 Å². The SMILES string of the molecule is CC(C)(C)[S+]([O-])N=C1c2cc(CO[C@@H]3CCCCO3)cnc2CC12CCN(C(=O)O)CC2. The molecule has 2 saturated heterocycles. The fourth-order valence-electron chi connectivity index (χ4n) is 4.59. The van der Waals surface area contributed by atoms with Gasteiger partial charge in [0.05, 0.1) is 12.3 Å². The monoisotopic (exact) mass is 463 g/mol. The number of hydrogen-bond donors (Lipinski definition) is 1. The molecule has 2 fully saturated rings. The van der Waals surface area contributed by atoms with Gasteiger partial charge in [-0.1, -0.05) is 4.40 Å². The molecule has 2 aliphatic heterocycles. The van der Waals surface area contributed by atoms with Gasteiger partial charge in [-0.3, -0.25) is 4.98 Å². The van der Waals surface area contributed by atoms with E-state index >= 15 is 0 Å². The average molecular weight is 464 g/mol. The van der Waals surface area contributed by atoms with E-state index < -0.39 is 22.2 Å². The van der Waals surface area contributed by atoms with Crippen LogP contribution in [0.3, 0.4) is 0 Å². The number of pyridine rings is 1. The summed E-state index contributed by atoms with van der Waals surface area (Å²) in [5.41, 5.74) is 3.29. The van der Waals surface area contributed by atoms with Crippen molar-refractivity contribution in [1.29, 1.82) is 0 Å². The summed E-state index contributed by atoms with van der Waals surface area (Å²) in [6.45, 7) is 7.76. The van der Waals surface area contributed by atoms with Gasteiger partial charge in [0.25, 0.3) is 0 Å². The maximum absolute atomic E-state index is 13.0. The summed E-state index contributed by atoms with van der Waals surface area (Å²) in [7, 11) is 0. The van der Waals surface area contributed by atoms with Crippen molar-refractivity contribution in [2.75, 3.05) is 19.7 Å². The number of piperidine rings is 1. The van der Waals surface area contributed by atoms with Gasteiger partial charge in [0.1, 0.15) is 21.8 Å². The minimum atomic E-state index is -1.41. The standard InChI is InChI=1S/C23H33N3O5S/c1-22(2,3)32(29)25-20-17-12-16(15-31-19-6-4-5-11-30-19)14-24-18(17)13-23(20)7-9-26(10-8-23)21(27)28/h12,14,19H,4-11,13,15H2,1-3H3,(H,27,28)/t19-,32?/m1/s1. The predicted octanol–water partition coefficient (Wildman–Crippen LogP) is 3.69. The number of rotatable bonds is 4. The zero-order valence-electron chi connectivity index (χ0n) is 19.1. The maximum Gasteiger partial charge on any atom is 0.407 e. The molecule has 4 rings (SSSR count). The smallest absolute Gasteiger partial charge is 0.407 e. The fraction of sp³-hybridized carbons (Fsp3) is 0.696. The highest BCUT2D eigenvalue weighted by Gasteiger charge is 2.48. The molecule has 8 nitrogen and oxygen atoms in total. The lowest BCUT2D eigenvalue weighted by atomic mass is 9.75. The minimum absolute atomic E-state index is 0.176. The van der Waals surface area contributed by atoms with Crippen LogP contribution in [0.25, 0.3) is 0 Å². The van der Waals surface area contributed by atoms with Crippen LogP contribution in [0.1, 0.15) is 69.7 Å². The molecule has 1 spiro atoms. The highest BCUT2D eigenvalue weighted by Crippen LogP contribution is 2.45. The van der Waals surface area contributed by atoms with Crippen LogP contribution in [0.15, 0.2) is 16.7 Å². The Bertz CT molecular complexity index is 871.